The third-order valence-corrected chi connectivity index (χ3v) is 5.04. The Balaban J connectivity index is 3.34. The quantitative estimate of drug-likeness (QED) is 0.433. The van der Waals surface area contributed by atoms with Gasteiger partial charge in [-0.3, -0.25) is 14.5 Å². The van der Waals surface area contributed by atoms with Gasteiger partial charge < -0.3 is 15.4 Å². The van der Waals surface area contributed by atoms with Gasteiger partial charge >= 0.3 is 6.09 Å². The van der Waals surface area contributed by atoms with Crippen molar-refractivity contribution in [1.29, 1.82) is 0 Å². The van der Waals surface area contributed by atoms with Crippen molar-refractivity contribution in [2.45, 2.75) is 71.7 Å². The van der Waals surface area contributed by atoms with Gasteiger partial charge in [0.2, 0.25) is 5.91 Å². The number of terminal acetylenes is 1. The number of benzene rings is 1. The number of alkyl carbamates (subject to hydrolysis) is 1. The Hall–Kier alpha value is -2.66. The van der Waals surface area contributed by atoms with Crippen LogP contribution in [0.4, 0.5) is 4.79 Å². The van der Waals surface area contributed by atoms with Gasteiger partial charge in [0, 0.05) is 12.1 Å². The predicted molar refractivity (Wildman–Crippen MR) is 129 cm³/mol. The maximum Gasteiger partial charge on any atom is 0.408 e. The molecular weight excluding hydrogens is 426 g/mol. The first-order valence-electron chi connectivity index (χ1n) is 10.5. The van der Waals surface area contributed by atoms with Crippen LogP contribution in [0.1, 0.15) is 58.2 Å². The second-order valence-corrected chi connectivity index (χ2v) is 9.73. The van der Waals surface area contributed by atoms with Crippen molar-refractivity contribution >= 4 is 29.7 Å². The van der Waals surface area contributed by atoms with E-state index in [0.717, 1.165) is 10.5 Å². The van der Waals surface area contributed by atoms with E-state index in [0.29, 0.717) is 17.7 Å². The number of rotatable bonds is 9. The molecule has 2 atom stereocenters. The van der Waals surface area contributed by atoms with Gasteiger partial charge in [0.1, 0.15) is 17.7 Å². The molecule has 2 unspecified atom stereocenters. The molecule has 0 aliphatic carbocycles. The van der Waals surface area contributed by atoms with E-state index in [1.807, 2.05) is 39.2 Å². The first-order valence-corrected chi connectivity index (χ1v) is 11.9. The number of ether oxygens (including phenoxy) is 1. The van der Waals surface area contributed by atoms with Gasteiger partial charge in [0.05, 0.1) is 0 Å². The van der Waals surface area contributed by atoms with Crippen LogP contribution in [-0.4, -0.2) is 52.5 Å². The van der Waals surface area contributed by atoms with E-state index in [2.05, 4.69) is 16.7 Å². The lowest BCUT2D eigenvalue weighted by Crippen LogP contribution is -2.52. The van der Waals surface area contributed by atoms with Crippen LogP contribution in [0.5, 0.6) is 0 Å². The molecule has 0 fully saturated rings. The second-order valence-electron chi connectivity index (χ2n) is 8.74. The third-order valence-electron chi connectivity index (χ3n) is 4.40. The number of nitrogens with one attached hydrogen (secondary N) is 2. The molecule has 1 aromatic rings. The summed E-state index contributed by atoms with van der Waals surface area (Å²) in [5, 5.41) is 5.48. The Bertz CT molecular complexity index is 842. The minimum atomic E-state index is -1.03. The summed E-state index contributed by atoms with van der Waals surface area (Å²) in [7, 11) is 0. The minimum Gasteiger partial charge on any atom is -0.444 e. The van der Waals surface area contributed by atoms with E-state index < -0.39 is 29.7 Å². The number of hydrogen-bond donors (Lipinski definition) is 2. The van der Waals surface area contributed by atoms with E-state index >= 15 is 0 Å². The Morgan fingerprint density at radius 3 is 2.31 bits per heavy atom. The zero-order valence-corrected chi connectivity index (χ0v) is 20.8. The molecule has 3 amide bonds. The largest absolute Gasteiger partial charge is 0.444 e. The van der Waals surface area contributed by atoms with Crippen molar-refractivity contribution in [3.05, 3.63) is 35.4 Å². The molecule has 0 radical (unpaired) electrons. The Morgan fingerprint density at radius 2 is 1.81 bits per heavy atom. The van der Waals surface area contributed by atoms with Crippen LogP contribution in [-0.2, 0) is 14.3 Å². The highest BCUT2D eigenvalue weighted by Gasteiger charge is 2.36. The molecule has 0 aliphatic rings. The van der Waals surface area contributed by atoms with Crippen molar-refractivity contribution in [3.8, 4) is 12.5 Å². The van der Waals surface area contributed by atoms with Crippen molar-refractivity contribution in [3.63, 3.8) is 0 Å². The molecule has 32 heavy (non-hydrogen) atoms. The fourth-order valence-electron chi connectivity index (χ4n) is 3.03. The lowest BCUT2D eigenvalue weighted by atomic mass is 9.98. The summed E-state index contributed by atoms with van der Waals surface area (Å²) in [5.41, 5.74) is 0.729. The summed E-state index contributed by atoms with van der Waals surface area (Å²) in [5.74, 6) is -0.321. The first-order chi connectivity index (χ1) is 14.9. The molecule has 1 aromatic carbocycles. The number of aryl methyl sites for hydroxylation is 1. The number of carbonyl (C=O) groups excluding carboxylic acids is 3. The molecule has 0 heterocycles. The number of hydrogen-bond acceptors (Lipinski definition) is 5. The number of thioether (sulfide) groups is 1. The summed E-state index contributed by atoms with van der Waals surface area (Å²) in [6, 6.07) is 7.54. The highest BCUT2D eigenvalue weighted by molar-refractivity contribution is 7.98. The fourth-order valence-corrected chi connectivity index (χ4v) is 3.50. The van der Waals surface area contributed by atoms with E-state index in [9.17, 15) is 14.4 Å². The van der Waals surface area contributed by atoms with E-state index in [1.54, 1.807) is 32.9 Å². The van der Waals surface area contributed by atoms with Gasteiger partial charge in [-0.05, 0) is 71.1 Å². The lowest BCUT2D eigenvalue weighted by Gasteiger charge is -2.31. The summed E-state index contributed by atoms with van der Waals surface area (Å²) in [6.45, 7) is 10.7. The summed E-state index contributed by atoms with van der Waals surface area (Å²) in [4.78, 5) is 40.1. The Morgan fingerprint density at radius 1 is 1.19 bits per heavy atom. The number of amides is 3. The zero-order chi connectivity index (χ0) is 24.5. The van der Waals surface area contributed by atoms with Crippen LogP contribution in [0, 0.1) is 19.4 Å². The molecule has 8 heteroatoms. The van der Waals surface area contributed by atoms with E-state index in [1.165, 1.54) is 11.8 Å². The SMILES string of the molecule is C#CN(C(=O)C(CCSC)NC(=O)OC(C)(C)C)C(C(=O)NC(C)C)c1ccccc1C. The third kappa shape index (κ3) is 8.46. The maximum absolute atomic E-state index is 13.5. The Labute approximate surface area is 196 Å². The van der Waals surface area contributed by atoms with Crippen molar-refractivity contribution < 1.29 is 19.1 Å². The van der Waals surface area contributed by atoms with Gasteiger partial charge in [0.25, 0.3) is 5.91 Å². The van der Waals surface area contributed by atoms with Crippen LogP contribution in [0.3, 0.4) is 0 Å². The molecule has 2 N–H and O–H groups in total. The van der Waals surface area contributed by atoms with Crippen LogP contribution in [0.25, 0.3) is 0 Å². The highest BCUT2D eigenvalue weighted by Crippen LogP contribution is 2.25. The van der Waals surface area contributed by atoms with E-state index in [4.69, 9.17) is 11.2 Å². The van der Waals surface area contributed by atoms with Gasteiger partial charge in [0.15, 0.2) is 0 Å². The van der Waals surface area contributed by atoms with E-state index in [-0.39, 0.29) is 11.9 Å². The molecule has 1 rings (SSSR count). The topological polar surface area (TPSA) is 87.7 Å². The average molecular weight is 462 g/mol. The molecule has 7 nitrogen and oxygen atoms in total. The van der Waals surface area contributed by atoms with Crippen LogP contribution in [0.2, 0.25) is 0 Å². The molecule has 0 bridgehead atoms. The van der Waals surface area contributed by atoms with Crippen molar-refractivity contribution in [2.75, 3.05) is 12.0 Å². The van der Waals surface area contributed by atoms with Crippen molar-refractivity contribution in [1.82, 2.24) is 15.5 Å². The van der Waals surface area contributed by atoms with Crippen LogP contribution < -0.4 is 10.6 Å². The fraction of sp³-hybridized carbons (Fsp3) is 0.542. The second kappa shape index (κ2) is 12.4. The molecule has 0 spiro atoms. The van der Waals surface area contributed by atoms with Crippen molar-refractivity contribution in [2.24, 2.45) is 0 Å². The molecule has 176 valence electrons. The summed E-state index contributed by atoms with van der Waals surface area (Å²) >= 11 is 1.54. The summed E-state index contributed by atoms with van der Waals surface area (Å²) in [6.07, 6.45) is 7.28. The highest BCUT2D eigenvalue weighted by atomic mass is 32.2. The smallest absolute Gasteiger partial charge is 0.408 e. The molecule has 0 saturated carbocycles. The van der Waals surface area contributed by atoms with Gasteiger partial charge in [-0.2, -0.15) is 11.8 Å². The lowest BCUT2D eigenvalue weighted by molar-refractivity contribution is -0.138. The standard InChI is InChI=1S/C24H35N3O4S/c1-9-27(20(21(28)25-16(2)3)18-13-11-10-12-17(18)4)22(29)19(14-15-32-8)26-23(30)31-24(5,6)7/h1,10-13,16,19-20H,14-15H2,2-8H3,(H,25,28)(H,26,30). The van der Waals surface area contributed by atoms with Crippen LogP contribution in [0.15, 0.2) is 24.3 Å². The number of nitrogens with zero attached hydrogens (tertiary/aromatic N) is 1. The monoisotopic (exact) mass is 461 g/mol. The molecular formula is C24H35N3O4S. The first kappa shape index (κ1) is 27.4. The molecule has 0 saturated heterocycles. The minimum absolute atomic E-state index is 0.143. The van der Waals surface area contributed by atoms with Crippen LogP contribution >= 0.6 is 11.8 Å². The normalized spacial score (nSPS) is 13.0. The molecule has 0 aromatic heterocycles. The average Bonchev–Trinajstić information content (AvgIpc) is 2.67. The predicted octanol–water partition coefficient (Wildman–Crippen LogP) is 3.63. The summed E-state index contributed by atoms with van der Waals surface area (Å²) < 4.78 is 5.32. The van der Waals surface area contributed by atoms with Gasteiger partial charge in [-0.15, -0.1) is 0 Å². The van der Waals surface area contributed by atoms with Gasteiger partial charge in [-0.1, -0.05) is 30.7 Å². The zero-order valence-electron chi connectivity index (χ0n) is 20.0. The number of carbonyl (C=O) groups is 3. The Kier molecular flexibility index (Phi) is 10.6. The van der Waals surface area contributed by atoms with Gasteiger partial charge in [-0.25, -0.2) is 4.79 Å². The maximum atomic E-state index is 13.5. The molecule has 0 aliphatic heterocycles.